The number of para-hydroxylation sites is 1. The van der Waals surface area contributed by atoms with E-state index < -0.39 is 0 Å². The third-order valence-corrected chi connectivity index (χ3v) is 9.24. The van der Waals surface area contributed by atoms with E-state index in [1.807, 2.05) is 53.4 Å². The molecule has 38 heavy (non-hydrogen) atoms. The highest BCUT2D eigenvalue weighted by Gasteiger charge is 2.29. The van der Waals surface area contributed by atoms with Gasteiger partial charge in [-0.05, 0) is 102 Å². The van der Waals surface area contributed by atoms with E-state index in [1.54, 1.807) is 41.7 Å². The molecular formula is C31H25IN2O3S. The first kappa shape index (κ1) is 25.0. The van der Waals surface area contributed by atoms with Gasteiger partial charge in [0.05, 0.1) is 16.1 Å². The standard InChI is InChI=1S/C31H25IN2O3S/c32-25-7-3-1-5-23(25)30(36)33-22-13-11-20(12-14-22)31(37)34-16-15-21-18-28(27(35)17-19-9-10-19)38-29(21)24-6-2-4-8-26(24)34/h1-8,11-14,18-19H,9-10,15-17H2,(H,33,36). The third kappa shape index (κ3) is 5.05. The summed E-state index contributed by atoms with van der Waals surface area (Å²) in [5.41, 5.74) is 4.77. The number of Topliss-reactive ketones (excluding diaryl/α,β-unsaturated/α-hetero) is 1. The van der Waals surface area contributed by atoms with Crippen molar-refractivity contribution in [1.82, 2.24) is 0 Å². The molecule has 0 saturated heterocycles. The van der Waals surface area contributed by atoms with Gasteiger partial charge in [0.25, 0.3) is 11.8 Å². The maximum absolute atomic E-state index is 13.7. The van der Waals surface area contributed by atoms with E-state index in [0.29, 0.717) is 42.1 Å². The lowest BCUT2D eigenvalue weighted by molar-refractivity contribution is 0.0974. The molecule has 1 aromatic heterocycles. The van der Waals surface area contributed by atoms with Crippen molar-refractivity contribution in [3.8, 4) is 10.4 Å². The monoisotopic (exact) mass is 632 g/mol. The number of nitrogens with one attached hydrogen (secondary N) is 1. The minimum Gasteiger partial charge on any atom is -0.322 e. The highest BCUT2D eigenvalue weighted by Crippen LogP contribution is 2.43. The van der Waals surface area contributed by atoms with E-state index in [9.17, 15) is 14.4 Å². The van der Waals surface area contributed by atoms with Gasteiger partial charge < -0.3 is 10.2 Å². The Balaban J connectivity index is 1.23. The molecule has 2 amide bonds. The highest BCUT2D eigenvalue weighted by molar-refractivity contribution is 14.1. The maximum Gasteiger partial charge on any atom is 0.258 e. The number of thiophene rings is 1. The molecule has 0 radical (unpaired) electrons. The van der Waals surface area contributed by atoms with Gasteiger partial charge in [-0.3, -0.25) is 14.4 Å². The van der Waals surface area contributed by atoms with E-state index in [4.69, 9.17) is 0 Å². The summed E-state index contributed by atoms with van der Waals surface area (Å²) in [6, 6.07) is 24.4. The minimum absolute atomic E-state index is 0.0897. The van der Waals surface area contributed by atoms with Gasteiger partial charge in [-0.15, -0.1) is 11.3 Å². The van der Waals surface area contributed by atoms with E-state index >= 15 is 0 Å². The van der Waals surface area contributed by atoms with Crippen LogP contribution in [0.3, 0.4) is 0 Å². The van der Waals surface area contributed by atoms with Crippen LogP contribution in [0.5, 0.6) is 0 Å². The predicted molar refractivity (Wildman–Crippen MR) is 160 cm³/mol. The average Bonchev–Trinajstić information content (AvgIpc) is 3.67. The number of hydrogen-bond donors (Lipinski definition) is 1. The van der Waals surface area contributed by atoms with Crippen LogP contribution in [-0.2, 0) is 6.42 Å². The summed E-state index contributed by atoms with van der Waals surface area (Å²) in [6.07, 6.45) is 3.66. The molecule has 5 nitrogen and oxygen atoms in total. The summed E-state index contributed by atoms with van der Waals surface area (Å²) >= 11 is 3.70. The molecule has 1 aliphatic heterocycles. The van der Waals surface area contributed by atoms with Crippen LogP contribution in [0.2, 0.25) is 0 Å². The lowest BCUT2D eigenvalue weighted by Crippen LogP contribution is -2.32. The Morgan fingerprint density at radius 3 is 2.45 bits per heavy atom. The fourth-order valence-corrected chi connectivity index (χ4v) is 6.65. The zero-order valence-electron chi connectivity index (χ0n) is 20.6. The van der Waals surface area contributed by atoms with Crippen LogP contribution in [0.25, 0.3) is 10.4 Å². The number of ketones is 1. The lowest BCUT2D eigenvalue weighted by Gasteiger charge is -2.23. The summed E-state index contributed by atoms with van der Waals surface area (Å²) in [6.45, 7) is 0.529. The Kier molecular flexibility index (Phi) is 6.88. The van der Waals surface area contributed by atoms with Crippen LogP contribution in [0, 0.1) is 9.49 Å². The number of fused-ring (bicyclic) bond motifs is 3. The molecule has 190 valence electrons. The van der Waals surface area contributed by atoms with Crippen molar-refractivity contribution in [3.63, 3.8) is 0 Å². The van der Waals surface area contributed by atoms with Gasteiger partial charge in [0, 0.05) is 38.2 Å². The van der Waals surface area contributed by atoms with Crippen molar-refractivity contribution in [2.24, 2.45) is 5.92 Å². The highest BCUT2D eigenvalue weighted by atomic mass is 127. The summed E-state index contributed by atoms with van der Waals surface area (Å²) in [5.74, 6) is 0.529. The van der Waals surface area contributed by atoms with Crippen molar-refractivity contribution in [3.05, 3.63) is 104 Å². The number of hydrogen-bond acceptors (Lipinski definition) is 4. The second kappa shape index (κ2) is 10.5. The van der Waals surface area contributed by atoms with Gasteiger partial charge in [0.15, 0.2) is 5.78 Å². The number of anilines is 2. The molecule has 2 aliphatic rings. The Labute approximate surface area is 239 Å². The second-order valence-electron chi connectivity index (χ2n) is 9.77. The molecule has 1 N–H and O–H groups in total. The smallest absolute Gasteiger partial charge is 0.258 e. The number of benzene rings is 3. The van der Waals surface area contributed by atoms with E-state index in [-0.39, 0.29) is 17.6 Å². The van der Waals surface area contributed by atoms with Gasteiger partial charge in [-0.2, -0.15) is 0 Å². The van der Waals surface area contributed by atoms with Crippen LogP contribution in [0.4, 0.5) is 11.4 Å². The molecule has 1 fully saturated rings. The third-order valence-electron chi connectivity index (χ3n) is 7.05. The predicted octanol–water partition coefficient (Wildman–Crippen LogP) is 7.46. The molecule has 1 saturated carbocycles. The number of carbonyl (C=O) groups is 3. The summed E-state index contributed by atoms with van der Waals surface area (Å²) < 4.78 is 0.877. The van der Waals surface area contributed by atoms with Gasteiger partial charge in [-0.25, -0.2) is 0 Å². The lowest BCUT2D eigenvalue weighted by atomic mass is 10.1. The molecule has 3 aromatic carbocycles. The Morgan fingerprint density at radius 2 is 1.68 bits per heavy atom. The number of amides is 2. The molecule has 1 aliphatic carbocycles. The summed E-state index contributed by atoms with van der Waals surface area (Å²) in [7, 11) is 0. The normalized spacial score (nSPS) is 14.3. The van der Waals surface area contributed by atoms with Crippen LogP contribution < -0.4 is 10.2 Å². The van der Waals surface area contributed by atoms with E-state index in [1.165, 1.54) is 0 Å². The number of carbonyl (C=O) groups excluding carboxylic acids is 3. The molecular weight excluding hydrogens is 607 g/mol. The molecule has 2 heterocycles. The molecule has 0 bridgehead atoms. The minimum atomic E-state index is -0.184. The quantitative estimate of drug-likeness (QED) is 0.177. The molecule has 0 atom stereocenters. The first-order chi connectivity index (χ1) is 18.5. The van der Waals surface area contributed by atoms with Crippen molar-refractivity contribution < 1.29 is 14.4 Å². The molecule has 4 aromatic rings. The zero-order chi connectivity index (χ0) is 26.2. The number of rotatable bonds is 6. The number of nitrogens with zero attached hydrogens (tertiary/aromatic N) is 1. The van der Waals surface area contributed by atoms with Crippen molar-refractivity contribution in [2.45, 2.75) is 25.7 Å². The molecule has 7 heteroatoms. The van der Waals surface area contributed by atoms with E-state index in [2.05, 4.69) is 27.9 Å². The Hall–Kier alpha value is -3.30. The Morgan fingerprint density at radius 1 is 0.947 bits per heavy atom. The van der Waals surface area contributed by atoms with Crippen LogP contribution in [0.15, 0.2) is 78.9 Å². The second-order valence-corrected chi connectivity index (χ2v) is 12.0. The van der Waals surface area contributed by atoms with Crippen molar-refractivity contribution >= 4 is 62.9 Å². The summed E-state index contributed by atoms with van der Waals surface area (Å²) in [5, 5.41) is 2.91. The topological polar surface area (TPSA) is 66.5 Å². The van der Waals surface area contributed by atoms with Gasteiger partial charge in [-0.1, -0.05) is 30.3 Å². The maximum atomic E-state index is 13.7. The average molecular weight is 633 g/mol. The fourth-order valence-electron chi connectivity index (χ4n) is 4.83. The largest absolute Gasteiger partial charge is 0.322 e. The SMILES string of the molecule is O=C(CC1CC1)c1cc2c(s1)-c1ccccc1N(C(=O)c1ccc(NC(=O)c3ccccc3I)cc1)CC2. The van der Waals surface area contributed by atoms with E-state index in [0.717, 1.165) is 43.0 Å². The molecule has 6 rings (SSSR count). The van der Waals surface area contributed by atoms with Crippen LogP contribution in [0.1, 0.15) is 55.2 Å². The zero-order valence-corrected chi connectivity index (χ0v) is 23.6. The van der Waals surface area contributed by atoms with Crippen molar-refractivity contribution in [2.75, 3.05) is 16.8 Å². The Bertz CT molecular complexity index is 1560. The molecule has 0 spiro atoms. The van der Waals surface area contributed by atoms with Crippen molar-refractivity contribution in [1.29, 1.82) is 0 Å². The van der Waals surface area contributed by atoms with Gasteiger partial charge in [0.2, 0.25) is 0 Å². The number of halogens is 1. The van der Waals surface area contributed by atoms with Gasteiger partial charge >= 0.3 is 0 Å². The van der Waals surface area contributed by atoms with Crippen LogP contribution in [-0.4, -0.2) is 24.1 Å². The first-order valence-corrected chi connectivity index (χ1v) is 14.6. The fraction of sp³-hybridized carbons (Fsp3) is 0.194. The van der Waals surface area contributed by atoms with Gasteiger partial charge in [0.1, 0.15) is 0 Å². The summed E-state index contributed by atoms with van der Waals surface area (Å²) in [4.78, 5) is 42.9. The van der Waals surface area contributed by atoms with Crippen LogP contribution >= 0.6 is 33.9 Å². The first-order valence-electron chi connectivity index (χ1n) is 12.7. The molecule has 0 unspecified atom stereocenters.